The van der Waals surface area contributed by atoms with Gasteiger partial charge in [0.2, 0.25) is 0 Å². The molecule has 4 rings (SSSR count). The molecule has 0 atom stereocenters. The minimum absolute atomic E-state index is 0.162. The fourth-order valence-electron chi connectivity index (χ4n) is 3.89. The zero-order valence-electron chi connectivity index (χ0n) is 19.7. The van der Waals surface area contributed by atoms with Gasteiger partial charge in [-0.3, -0.25) is 14.9 Å². The molecule has 2 aromatic carbocycles. The molecule has 1 fully saturated rings. The molecule has 1 saturated heterocycles. The van der Waals surface area contributed by atoms with E-state index in [1.165, 1.54) is 18.2 Å². The molecule has 8 heteroatoms. The van der Waals surface area contributed by atoms with Gasteiger partial charge in [-0.15, -0.1) is 0 Å². The van der Waals surface area contributed by atoms with Crippen LogP contribution in [-0.4, -0.2) is 29.0 Å². The van der Waals surface area contributed by atoms with E-state index in [-0.39, 0.29) is 11.3 Å². The zero-order chi connectivity index (χ0) is 25.1. The van der Waals surface area contributed by atoms with Gasteiger partial charge in [0.25, 0.3) is 11.8 Å². The van der Waals surface area contributed by atoms with Crippen molar-refractivity contribution < 1.29 is 23.5 Å². The van der Waals surface area contributed by atoms with Crippen molar-refractivity contribution in [3.8, 4) is 5.75 Å². The van der Waals surface area contributed by atoms with Gasteiger partial charge in [0.05, 0.1) is 12.2 Å². The number of ether oxygens (including phenoxy) is 1. The highest BCUT2D eigenvalue weighted by Crippen LogP contribution is 2.28. The van der Waals surface area contributed by atoms with Crippen molar-refractivity contribution in [3.05, 3.63) is 89.0 Å². The Morgan fingerprint density at radius 2 is 1.80 bits per heavy atom. The first-order valence-corrected chi connectivity index (χ1v) is 11.3. The fraction of sp³-hybridized carbons (Fsp3) is 0.222. The number of hydrogen-bond donors (Lipinski definition) is 1. The first-order chi connectivity index (χ1) is 16.7. The van der Waals surface area contributed by atoms with Crippen molar-refractivity contribution in [2.45, 2.75) is 33.2 Å². The van der Waals surface area contributed by atoms with Crippen LogP contribution >= 0.6 is 0 Å². The van der Waals surface area contributed by atoms with E-state index in [2.05, 4.69) is 31.3 Å². The van der Waals surface area contributed by atoms with E-state index < -0.39 is 23.7 Å². The second-order valence-corrected chi connectivity index (χ2v) is 8.61. The summed E-state index contributed by atoms with van der Waals surface area (Å²) in [5.41, 5.74) is 2.80. The molecule has 0 aliphatic carbocycles. The highest BCUT2D eigenvalue weighted by Gasteiger charge is 2.37. The van der Waals surface area contributed by atoms with Crippen LogP contribution in [0.3, 0.4) is 0 Å². The lowest BCUT2D eigenvalue weighted by atomic mass is 10.0. The Balaban J connectivity index is 1.53. The smallest absolute Gasteiger partial charge is 0.335 e. The number of carbonyl (C=O) groups is 3. The summed E-state index contributed by atoms with van der Waals surface area (Å²) in [7, 11) is 0. The van der Waals surface area contributed by atoms with Gasteiger partial charge in [-0.05, 0) is 72.5 Å². The first-order valence-electron chi connectivity index (χ1n) is 11.3. The highest BCUT2D eigenvalue weighted by atomic mass is 19.1. The average Bonchev–Trinajstić information content (AvgIpc) is 3.24. The maximum Gasteiger partial charge on any atom is 0.335 e. The van der Waals surface area contributed by atoms with Crippen LogP contribution in [0.15, 0.2) is 66.4 Å². The van der Waals surface area contributed by atoms with E-state index in [0.29, 0.717) is 24.8 Å². The highest BCUT2D eigenvalue weighted by molar-refractivity contribution is 6.39. The van der Waals surface area contributed by atoms with Crippen molar-refractivity contribution in [1.29, 1.82) is 0 Å². The Morgan fingerprint density at radius 1 is 1.06 bits per heavy atom. The van der Waals surface area contributed by atoms with Crippen LogP contribution < -0.4 is 15.0 Å². The Bertz CT molecular complexity index is 1310. The van der Waals surface area contributed by atoms with Gasteiger partial charge in [-0.2, -0.15) is 0 Å². The van der Waals surface area contributed by atoms with Crippen LogP contribution in [0.4, 0.5) is 14.9 Å². The molecule has 2 heterocycles. The number of aryl methyl sites for hydroxylation is 1. The number of rotatable bonds is 7. The molecule has 0 saturated carbocycles. The number of carbonyl (C=O) groups excluding carboxylic acids is 3. The molecule has 0 radical (unpaired) electrons. The number of amides is 4. The number of hydrogen-bond acceptors (Lipinski definition) is 4. The summed E-state index contributed by atoms with van der Waals surface area (Å²) in [4.78, 5) is 38.7. The lowest BCUT2D eigenvalue weighted by Crippen LogP contribution is -2.54. The van der Waals surface area contributed by atoms with E-state index >= 15 is 0 Å². The SMILES string of the molecule is Cc1ccc(C(C)C)c(OCCn2cccc2C=C2C(=O)NC(=O)N(c3ccc(F)cc3)C2=O)c1. The van der Waals surface area contributed by atoms with Crippen LogP contribution in [0.25, 0.3) is 6.08 Å². The summed E-state index contributed by atoms with van der Waals surface area (Å²) in [5, 5.41) is 2.17. The molecule has 3 aromatic rings. The molecular weight excluding hydrogens is 449 g/mol. The predicted octanol–water partition coefficient (Wildman–Crippen LogP) is 4.80. The largest absolute Gasteiger partial charge is 0.491 e. The molecular formula is C27H26FN3O4. The fourth-order valence-corrected chi connectivity index (χ4v) is 3.89. The molecule has 7 nitrogen and oxygen atoms in total. The number of anilines is 1. The van der Waals surface area contributed by atoms with Gasteiger partial charge >= 0.3 is 6.03 Å². The number of urea groups is 1. The van der Waals surface area contributed by atoms with Crippen molar-refractivity contribution in [3.63, 3.8) is 0 Å². The number of aromatic nitrogens is 1. The summed E-state index contributed by atoms with van der Waals surface area (Å²) >= 11 is 0. The molecule has 0 spiro atoms. The Kier molecular flexibility index (Phi) is 6.82. The maximum atomic E-state index is 13.3. The Labute approximate surface area is 202 Å². The van der Waals surface area contributed by atoms with Crippen molar-refractivity contribution >= 4 is 29.6 Å². The van der Waals surface area contributed by atoms with Crippen molar-refractivity contribution in [1.82, 2.24) is 9.88 Å². The summed E-state index contributed by atoms with van der Waals surface area (Å²) in [6.45, 7) is 7.10. The summed E-state index contributed by atoms with van der Waals surface area (Å²) in [6, 6.07) is 13.7. The molecule has 180 valence electrons. The standard InChI is InChI=1S/C27H26FN3O4/c1-17(2)22-11-6-18(3)15-24(22)35-14-13-30-12-4-5-21(30)16-23-25(32)29-27(34)31(26(23)33)20-9-7-19(28)8-10-20/h4-12,15-17H,13-14H2,1-3H3,(H,29,32,34). The minimum Gasteiger partial charge on any atom is -0.491 e. The van der Waals surface area contributed by atoms with Gasteiger partial charge in [0.1, 0.15) is 23.7 Å². The number of nitrogens with zero attached hydrogens (tertiary/aromatic N) is 2. The van der Waals surface area contributed by atoms with Crippen molar-refractivity contribution in [2.75, 3.05) is 11.5 Å². The monoisotopic (exact) mass is 475 g/mol. The molecule has 0 unspecified atom stereocenters. The molecule has 1 N–H and O–H groups in total. The molecule has 35 heavy (non-hydrogen) atoms. The topological polar surface area (TPSA) is 80.6 Å². The lowest BCUT2D eigenvalue weighted by molar-refractivity contribution is -0.122. The van der Waals surface area contributed by atoms with Gasteiger partial charge in [-0.1, -0.05) is 26.0 Å². The maximum absolute atomic E-state index is 13.3. The second kappa shape index (κ2) is 9.97. The first kappa shape index (κ1) is 23.9. The second-order valence-electron chi connectivity index (χ2n) is 8.61. The summed E-state index contributed by atoms with van der Waals surface area (Å²) in [6.07, 6.45) is 3.26. The Hall–Kier alpha value is -4.20. The van der Waals surface area contributed by atoms with Crippen LogP contribution in [0.1, 0.15) is 36.6 Å². The summed E-state index contributed by atoms with van der Waals surface area (Å²) < 4.78 is 21.2. The van der Waals surface area contributed by atoms with Gasteiger partial charge < -0.3 is 9.30 Å². The number of nitrogens with one attached hydrogen (secondary N) is 1. The lowest BCUT2D eigenvalue weighted by Gasteiger charge is -2.26. The molecule has 1 aliphatic heterocycles. The predicted molar refractivity (Wildman–Crippen MR) is 131 cm³/mol. The summed E-state index contributed by atoms with van der Waals surface area (Å²) in [5.74, 6) is -0.918. The molecule has 1 aromatic heterocycles. The minimum atomic E-state index is -0.883. The van der Waals surface area contributed by atoms with Crippen molar-refractivity contribution in [2.24, 2.45) is 0 Å². The zero-order valence-corrected chi connectivity index (χ0v) is 19.7. The number of halogens is 1. The van der Waals surface area contributed by atoms with E-state index in [0.717, 1.165) is 33.9 Å². The Morgan fingerprint density at radius 3 is 2.51 bits per heavy atom. The van der Waals surface area contributed by atoms with Crippen LogP contribution in [0.2, 0.25) is 0 Å². The number of imide groups is 2. The molecule has 1 aliphatic rings. The molecule has 0 bridgehead atoms. The normalized spacial score (nSPS) is 15.2. The van der Waals surface area contributed by atoms with E-state index in [9.17, 15) is 18.8 Å². The third kappa shape index (κ3) is 5.16. The number of barbiturate groups is 1. The van der Waals surface area contributed by atoms with Crippen LogP contribution in [-0.2, 0) is 16.1 Å². The number of benzene rings is 2. The van der Waals surface area contributed by atoms with E-state index in [4.69, 9.17) is 4.74 Å². The third-order valence-corrected chi connectivity index (χ3v) is 5.72. The van der Waals surface area contributed by atoms with E-state index in [1.54, 1.807) is 12.1 Å². The van der Waals surface area contributed by atoms with E-state index in [1.807, 2.05) is 23.8 Å². The molecule has 4 amide bonds. The van der Waals surface area contributed by atoms with Gasteiger partial charge in [0, 0.05) is 11.9 Å². The van der Waals surface area contributed by atoms with Gasteiger partial charge in [0.15, 0.2) is 0 Å². The van der Waals surface area contributed by atoms with Crippen LogP contribution in [0.5, 0.6) is 5.75 Å². The quantitative estimate of drug-likeness (QED) is 0.393. The van der Waals surface area contributed by atoms with Crippen LogP contribution in [0, 0.1) is 12.7 Å². The third-order valence-electron chi connectivity index (χ3n) is 5.72. The van der Waals surface area contributed by atoms with Gasteiger partial charge in [-0.25, -0.2) is 14.1 Å². The average molecular weight is 476 g/mol.